The highest BCUT2D eigenvalue weighted by Crippen LogP contribution is 2.23. The molecular formula is C32H38ClN3O4S. The van der Waals surface area contributed by atoms with E-state index in [0.717, 1.165) is 59.4 Å². The largest absolute Gasteiger partial charge is 0.352 e. The maximum Gasteiger partial charge on any atom is 0.244 e. The molecular weight excluding hydrogens is 558 g/mol. The zero-order valence-electron chi connectivity index (χ0n) is 23.6. The van der Waals surface area contributed by atoms with E-state index in [1.54, 1.807) is 30.3 Å². The zero-order chi connectivity index (χ0) is 29.4. The smallest absolute Gasteiger partial charge is 0.244 e. The van der Waals surface area contributed by atoms with Gasteiger partial charge in [-0.05, 0) is 60.2 Å². The summed E-state index contributed by atoms with van der Waals surface area (Å²) in [6.07, 6.45) is 6.10. The summed E-state index contributed by atoms with van der Waals surface area (Å²) in [6, 6.07) is 23.0. The lowest BCUT2D eigenvalue weighted by molar-refractivity contribution is -0.140. The number of sulfonamides is 1. The molecule has 0 aliphatic heterocycles. The van der Waals surface area contributed by atoms with Crippen molar-refractivity contribution in [2.45, 2.75) is 64.1 Å². The van der Waals surface area contributed by atoms with Gasteiger partial charge in [0.2, 0.25) is 21.8 Å². The SMILES string of the molecule is CCc1ccc(N(CC(=O)N(Cc2cccc(Cl)c2)[C@H](Cc2ccccc2)C(=O)NC2CCCC2)S(C)(=O)=O)cc1. The molecule has 4 rings (SSSR count). The number of nitrogens with one attached hydrogen (secondary N) is 1. The minimum Gasteiger partial charge on any atom is -0.352 e. The number of nitrogens with zero attached hydrogens (tertiary/aromatic N) is 2. The van der Waals surface area contributed by atoms with Crippen molar-refractivity contribution < 1.29 is 18.0 Å². The van der Waals surface area contributed by atoms with E-state index >= 15 is 0 Å². The number of benzene rings is 3. The summed E-state index contributed by atoms with van der Waals surface area (Å²) in [6.45, 7) is 1.68. The number of hydrogen-bond donors (Lipinski definition) is 1. The molecule has 1 N–H and O–H groups in total. The number of carbonyl (C=O) groups is 2. The first kappa shape index (κ1) is 30.6. The summed E-state index contributed by atoms with van der Waals surface area (Å²) in [4.78, 5) is 29.5. The average molecular weight is 596 g/mol. The van der Waals surface area contributed by atoms with Crippen LogP contribution in [0.2, 0.25) is 5.02 Å². The van der Waals surface area contributed by atoms with Crippen molar-refractivity contribution in [3.63, 3.8) is 0 Å². The predicted octanol–water partition coefficient (Wildman–Crippen LogP) is 5.37. The van der Waals surface area contributed by atoms with Gasteiger partial charge in [-0.1, -0.05) is 86.0 Å². The molecule has 9 heteroatoms. The van der Waals surface area contributed by atoms with Crippen LogP contribution in [-0.4, -0.2) is 50.0 Å². The zero-order valence-corrected chi connectivity index (χ0v) is 25.2. The summed E-state index contributed by atoms with van der Waals surface area (Å²) >= 11 is 6.27. The Morgan fingerprint density at radius 2 is 1.59 bits per heavy atom. The van der Waals surface area contributed by atoms with Gasteiger partial charge in [-0.2, -0.15) is 0 Å². The number of anilines is 1. The number of carbonyl (C=O) groups excluding carboxylic acids is 2. The molecule has 1 atom stereocenters. The van der Waals surface area contributed by atoms with Gasteiger partial charge in [0.15, 0.2) is 0 Å². The maximum atomic E-state index is 14.2. The van der Waals surface area contributed by atoms with Gasteiger partial charge in [0.25, 0.3) is 0 Å². The summed E-state index contributed by atoms with van der Waals surface area (Å²) in [5, 5.41) is 3.68. The van der Waals surface area contributed by atoms with Gasteiger partial charge in [-0.15, -0.1) is 0 Å². The van der Waals surface area contributed by atoms with Crippen LogP contribution in [0, 0.1) is 0 Å². The van der Waals surface area contributed by atoms with Crippen molar-refractivity contribution in [1.29, 1.82) is 0 Å². The first-order chi connectivity index (χ1) is 19.6. The highest BCUT2D eigenvalue weighted by molar-refractivity contribution is 7.92. The molecule has 1 aliphatic rings. The molecule has 2 amide bonds. The Morgan fingerprint density at radius 1 is 0.927 bits per heavy atom. The topological polar surface area (TPSA) is 86.8 Å². The molecule has 0 unspecified atom stereocenters. The Kier molecular flexibility index (Phi) is 10.5. The Hall–Kier alpha value is -3.36. The van der Waals surface area contributed by atoms with E-state index in [-0.39, 0.29) is 24.9 Å². The van der Waals surface area contributed by atoms with E-state index in [4.69, 9.17) is 11.6 Å². The van der Waals surface area contributed by atoms with Gasteiger partial charge in [0.1, 0.15) is 12.6 Å². The molecule has 1 saturated carbocycles. The summed E-state index contributed by atoms with van der Waals surface area (Å²) in [7, 11) is -3.80. The monoisotopic (exact) mass is 595 g/mol. The second-order valence-electron chi connectivity index (χ2n) is 10.6. The molecule has 0 aromatic heterocycles. The Bertz CT molecular complexity index is 1420. The molecule has 0 heterocycles. The number of halogens is 1. The van der Waals surface area contributed by atoms with Crippen LogP contribution < -0.4 is 9.62 Å². The van der Waals surface area contributed by atoms with E-state index in [1.807, 2.05) is 55.5 Å². The lowest BCUT2D eigenvalue weighted by Crippen LogP contribution is -2.54. The average Bonchev–Trinajstić information content (AvgIpc) is 3.46. The number of aryl methyl sites for hydroxylation is 1. The molecule has 1 aliphatic carbocycles. The number of amides is 2. The van der Waals surface area contributed by atoms with Gasteiger partial charge in [0, 0.05) is 24.0 Å². The number of rotatable bonds is 12. The third-order valence-corrected chi connectivity index (χ3v) is 8.90. The fraction of sp³-hybridized carbons (Fsp3) is 0.375. The number of hydrogen-bond acceptors (Lipinski definition) is 4. The molecule has 3 aromatic rings. The van der Waals surface area contributed by atoms with Crippen LogP contribution in [0.15, 0.2) is 78.9 Å². The minimum atomic E-state index is -3.80. The third-order valence-electron chi connectivity index (χ3n) is 7.53. The van der Waals surface area contributed by atoms with E-state index in [9.17, 15) is 18.0 Å². The molecule has 3 aromatic carbocycles. The Balaban J connectivity index is 1.71. The van der Waals surface area contributed by atoms with Crippen molar-refractivity contribution in [3.8, 4) is 0 Å². The molecule has 0 bridgehead atoms. The normalized spacial score (nSPS) is 14.4. The van der Waals surface area contributed by atoms with Crippen LogP contribution in [-0.2, 0) is 39.0 Å². The van der Waals surface area contributed by atoms with Gasteiger partial charge in [-0.25, -0.2) is 8.42 Å². The molecule has 0 spiro atoms. The summed E-state index contributed by atoms with van der Waals surface area (Å²) in [5.41, 5.74) is 3.10. The van der Waals surface area contributed by atoms with E-state index < -0.39 is 28.5 Å². The maximum absolute atomic E-state index is 14.2. The van der Waals surface area contributed by atoms with Gasteiger partial charge < -0.3 is 10.2 Å². The van der Waals surface area contributed by atoms with Crippen LogP contribution in [0.1, 0.15) is 49.3 Å². The lowest BCUT2D eigenvalue weighted by atomic mass is 10.0. The van der Waals surface area contributed by atoms with Crippen LogP contribution in [0.5, 0.6) is 0 Å². The van der Waals surface area contributed by atoms with E-state index in [0.29, 0.717) is 10.7 Å². The first-order valence-electron chi connectivity index (χ1n) is 14.1. The van der Waals surface area contributed by atoms with Gasteiger partial charge >= 0.3 is 0 Å². The molecule has 0 saturated heterocycles. The molecule has 1 fully saturated rings. The van der Waals surface area contributed by atoms with Gasteiger partial charge in [-0.3, -0.25) is 13.9 Å². The second-order valence-corrected chi connectivity index (χ2v) is 13.0. The standard InChI is InChI=1S/C32H38ClN3O4S/c1-3-24-16-18-29(19-17-24)36(41(2,39)40)23-31(37)35(22-26-12-9-13-27(33)20-26)30(21-25-10-5-4-6-11-25)32(38)34-28-14-7-8-15-28/h4-6,9-13,16-20,28,30H,3,7-8,14-15,21-23H2,1-2H3,(H,34,38)/t30-/m1/s1. The van der Waals surface area contributed by atoms with Crippen molar-refractivity contribution >= 4 is 39.1 Å². The van der Waals surface area contributed by atoms with Crippen molar-refractivity contribution in [2.24, 2.45) is 0 Å². The van der Waals surface area contributed by atoms with Crippen LogP contribution >= 0.6 is 11.6 Å². The summed E-state index contributed by atoms with van der Waals surface area (Å²) in [5.74, 6) is -0.716. The minimum absolute atomic E-state index is 0.0634. The third kappa shape index (κ3) is 8.57. The predicted molar refractivity (Wildman–Crippen MR) is 164 cm³/mol. The van der Waals surface area contributed by atoms with E-state index in [1.165, 1.54) is 4.90 Å². The van der Waals surface area contributed by atoms with Gasteiger partial charge in [0.05, 0.1) is 11.9 Å². The highest BCUT2D eigenvalue weighted by atomic mass is 35.5. The molecule has 0 radical (unpaired) electrons. The van der Waals surface area contributed by atoms with Crippen molar-refractivity contribution in [2.75, 3.05) is 17.1 Å². The lowest BCUT2D eigenvalue weighted by Gasteiger charge is -2.34. The molecule has 7 nitrogen and oxygen atoms in total. The second kappa shape index (κ2) is 14.0. The Labute approximate surface area is 248 Å². The van der Waals surface area contributed by atoms with Crippen molar-refractivity contribution in [1.82, 2.24) is 10.2 Å². The van der Waals surface area contributed by atoms with Crippen LogP contribution in [0.25, 0.3) is 0 Å². The molecule has 41 heavy (non-hydrogen) atoms. The molecule has 218 valence electrons. The van der Waals surface area contributed by atoms with Crippen LogP contribution in [0.4, 0.5) is 5.69 Å². The highest BCUT2D eigenvalue weighted by Gasteiger charge is 2.34. The fourth-order valence-corrected chi connectivity index (χ4v) is 6.33. The Morgan fingerprint density at radius 3 is 2.20 bits per heavy atom. The van der Waals surface area contributed by atoms with Crippen LogP contribution in [0.3, 0.4) is 0 Å². The summed E-state index contributed by atoms with van der Waals surface area (Å²) < 4.78 is 27.0. The van der Waals surface area contributed by atoms with E-state index in [2.05, 4.69) is 5.32 Å². The van der Waals surface area contributed by atoms with Crippen molar-refractivity contribution in [3.05, 3.63) is 101 Å². The quantitative estimate of drug-likeness (QED) is 0.305. The fourth-order valence-electron chi connectivity index (χ4n) is 5.27. The first-order valence-corrected chi connectivity index (χ1v) is 16.3.